The predicted molar refractivity (Wildman–Crippen MR) is 105 cm³/mol. The smallest absolute Gasteiger partial charge is 0.337 e. The van der Waals surface area contributed by atoms with Crippen molar-refractivity contribution in [1.82, 2.24) is 14.8 Å². The van der Waals surface area contributed by atoms with Gasteiger partial charge in [-0.1, -0.05) is 47.5 Å². The maximum absolute atomic E-state index is 11.0. The zero-order chi connectivity index (χ0) is 19.0. The highest BCUT2D eigenvalue weighted by molar-refractivity contribution is 6.36. The summed E-state index contributed by atoms with van der Waals surface area (Å²) in [4.78, 5) is 15.3. The van der Waals surface area contributed by atoms with Crippen LogP contribution in [0.1, 0.15) is 21.6 Å². The molecule has 27 heavy (non-hydrogen) atoms. The van der Waals surface area contributed by atoms with Gasteiger partial charge in [0.15, 0.2) is 5.82 Å². The number of carboxylic acids is 1. The molecule has 2 aromatic heterocycles. The molecule has 0 unspecified atom stereocenters. The van der Waals surface area contributed by atoms with E-state index >= 15 is 0 Å². The SMILES string of the molecule is O=C(O)c1ccc(-n2nc(Cc3c(Cl)cccc3Cl)c3ccccc32)nc1. The van der Waals surface area contributed by atoms with Crippen LogP contribution in [0.5, 0.6) is 0 Å². The molecule has 4 aromatic rings. The Morgan fingerprint density at radius 1 is 1.00 bits per heavy atom. The van der Waals surface area contributed by atoms with Crippen molar-refractivity contribution in [3.05, 3.63) is 87.7 Å². The molecule has 5 nitrogen and oxygen atoms in total. The van der Waals surface area contributed by atoms with Crippen LogP contribution in [0.3, 0.4) is 0 Å². The first-order valence-corrected chi connectivity index (χ1v) is 8.89. The minimum Gasteiger partial charge on any atom is -0.478 e. The average molecular weight is 398 g/mol. The van der Waals surface area contributed by atoms with E-state index in [9.17, 15) is 4.79 Å². The number of carboxylic acid groups (broad SMARTS) is 1. The van der Waals surface area contributed by atoms with E-state index < -0.39 is 5.97 Å². The Morgan fingerprint density at radius 3 is 2.41 bits per heavy atom. The van der Waals surface area contributed by atoms with E-state index in [-0.39, 0.29) is 5.56 Å². The lowest BCUT2D eigenvalue weighted by molar-refractivity contribution is 0.0696. The van der Waals surface area contributed by atoms with E-state index in [0.717, 1.165) is 22.2 Å². The average Bonchev–Trinajstić information content (AvgIpc) is 3.04. The van der Waals surface area contributed by atoms with Gasteiger partial charge < -0.3 is 5.11 Å². The standard InChI is InChI=1S/C20H13Cl2N3O2/c21-15-5-3-6-16(22)14(15)10-17-13-4-1-2-7-18(13)25(24-17)19-9-8-12(11-23-19)20(26)27/h1-9,11H,10H2,(H,26,27). The molecule has 0 amide bonds. The lowest BCUT2D eigenvalue weighted by Gasteiger charge is -2.05. The van der Waals surface area contributed by atoms with Crippen LogP contribution in [0.4, 0.5) is 0 Å². The molecule has 0 fully saturated rings. The number of hydrogen-bond donors (Lipinski definition) is 1. The van der Waals surface area contributed by atoms with Crippen molar-refractivity contribution in [2.45, 2.75) is 6.42 Å². The fourth-order valence-electron chi connectivity index (χ4n) is 2.94. The number of fused-ring (bicyclic) bond motifs is 1. The molecule has 7 heteroatoms. The molecule has 2 aromatic carbocycles. The Bertz CT molecular complexity index is 1130. The molecular formula is C20H13Cl2N3O2. The van der Waals surface area contributed by atoms with Crippen molar-refractivity contribution in [2.24, 2.45) is 0 Å². The van der Waals surface area contributed by atoms with E-state index in [1.54, 1.807) is 28.9 Å². The fourth-order valence-corrected chi connectivity index (χ4v) is 3.47. The van der Waals surface area contributed by atoms with Crippen molar-refractivity contribution in [1.29, 1.82) is 0 Å². The quantitative estimate of drug-likeness (QED) is 0.524. The summed E-state index contributed by atoms with van der Waals surface area (Å²) in [6.07, 6.45) is 1.79. The van der Waals surface area contributed by atoms with E-state index in [1.807, 2.05) is 24.3 Å². The van der Waals surface area contributed by atoms with Gasteiger partial charge in [0.25, 0.3) is 0 Å². The molecule has 1 N–H and O–H groups in total. The summed E-state index contributed by atoms with van der Waals surface area (Å²) < 4.78 is 1.70. The van der Waals surface area contributed by atoms with Gasteiger partial charge >= 0.3 is 5.97 Å². The van der Waals surface area contributed by atoms with Gasteiger partial charge in [0.2, 0.25) is 0 Å². The first-order chi connectivity index (χ1) is 13.0. The van der Waals surface area contributed by atoms with Crippen LogP contribution < -0.4 is 0 Å². The number of halogens is 2. The van der Waals surface area contributed by atoms with E-state index in [1.165, 1.54) is 12.3 Å². The first kappa shape index (κ1) is 17.5. The largest absolute Gasteiger partial charge is 0.478 e. The summed E-state index contributed by atoms with van der Waals surface area (Å²) in [5.41, 5.74) is 2.61. The number of benzene rings is 2. The maximum atomic E-state index is 11.0. The third-order valence-corrected chi connectivity index (χ3v) is 4.99. The van der Waals surface area contributed by atoms with Crippen molar-refractivity contribution >= 4 is 40.1 Å². The van der Waals surface area contributed by atoms with Crippen LogP contribution in [0.2, 0.25) is 10.0 Å². The second-order valence-electron chi connectivity index (χ2n) is 5.96. The Balaban J connectivity index is 1.83. The minimum atomic E-state index is -1.02. The molecule has 2 heterocycles. The highest BCUT2D eigenvalue weighted by atomic mass is 35.5. The van der Waals surface area contributed by atoms with E-state index in [0.29, 0.717) is 22.3 Å². The van der Waals surface area contributed by atoms with E-state index in [2.05, 4.69) is 4.98 Å². The summed E-state index contributed by atoms with van der Waals surface area (Å²) in [6, 6.07) is 16.3. The molecule has 0 atom stereocenters. The van der Waals surface area contributed by atoms with Gasteiger partial charge in [-0.05, 0) is 35.9 Å². The van der Waals surface area contributed by atoms with E-state index in [4.69, 9.17) is 33.4 Å². The molecule has 0 aliphatic heterocycles. The van der Waals surface area contributed by atoms with Crippen LogP contribution in [0.15, 0.2) is 60.8 Å². The van der Waals surface area contributed by atoms with Crippen molar-refractivity contribution < 1.29 is 9.90 Å². The molecule has 0 bridgehead atoms. The number of rotatable bonds is 4. The zero-order valence-electron chi connectivity index (χ0n) is 13.9. The normalized spacial score (nSPS) is 11.0. The molecule has 0 spiro atoms. The van der Waals surface area contributed by atoms with Crippen LogP contribution in [0, 0.1) is 0 Å². The van der Waals surface area contributed by atoms with Gasteiger partial charge in [0.05, 0.1) is 16.8 Å². The van der Waals surface area contributed by atoms with Crippen molar-refractivity contribution in [2.75, 3.05) is 0 Å². The predicted octanol–water partition coefficient (Wildman–Crippen LogP) is 5.02. The maximum Gasteiger partial charge on any atom is 0.337 e. The fraction of sp³-hybridized carbons (Fsp3) is 0.0500. The lowest BCUT2D eigenvalue weighted by Crippen LogP contribution is -2.03. The number of nitrogens with zero attached hydrogens (tertiary/aromatic N) is 3. The second-order valence-corrected chi connectivity index (χ2v) is 6.78. The number of aromatic nitrogens is 3. The molecule has 0 aliphatic carbocycles. The second kappa shape index (κ2) is 7.02. The topological polar surface area (TPSA) is 68.0 Å². The van der Waals surface area contributed by atoms with Crippen molar-refractivity contribution in [3.63, 3.8) is 0 Å². The van der Waals surface area contributed by atoms with Gasteiger partial charge in [-0.15, -0.1) is 0 Å². The van der Waals surface area contributed by atoms with Crippen LogP contribution in [-0.4, -0.2) is 25.8 Å². The van der Waals surface area contributed by atoms with Gasteiger partial charge in [-0.25, -0.2) is 14.5 Å². The molecule has 134 valence electrons. The van der Waals surface area contributed by atoms with Crippen LogP contribution in [0.25, 0.3) is 16.7 Å². The third-order valence-electron chi connectivity index (χ3n) is 4.28. The van der Waals surface area contributed by atoms with Crippen molar-refractivity contribution in [3.8, 4) is 5.82 Å². The van der Waals surface area contributed by atoms with Gasteiger partial charge in [-0.3, -0.25) is 0 Å². The summed E-state index contributed by atoms with van der Waals surface area (Å²) in [7, 11) is 0. The highest BCUT2D eigenvalue weighted by Crippen LogP contribution is 2.30. The van der Waals surface area contributed by atoms with Crippen LogP contribution >= 0.6 is 23.2 Å². The Labute approximate surface area is 164 Å². The summed E-state index contributed by atoms with van der Waals surface area (Å²) in [6.45, 7) is 0. The first-order valence-electron chi connectivity index (χ1n) is 8.14. The molecule has 0 saturated heterocycles. The zero-order valence-corrected chi connectivity index (χ0v) is 15.4. The molecule has 0 radical (unpaired) electrons. The monoisotopic (exact) mass is 397 g/mol. The summed E-state index contributed by atoms with van der Waals surface area (Å²) >= 11 is 12.6. The number of pyridine rings is 1. The third kappa shape index (κ3) is 3.27. The Kier molecular flexibility index (Phi) is 4.56. The number of hydrogen-bond acceptors (Lipinski definition) is 3. The minimum absolute atomic E-state index is 0.123. The molecule has 0 aliphatic rings. The highest BCUT2D eigenvalue weighted by Gasteiger charge is 2.16. The lowest BCUT2D eigenvalue weighted by atomic mass is 10.1. The number of para-hydroxylation sites is 1. The summed E-state index contributed by atoms with van der Waals surface area (Å²) in [5.74, 6) is -0.485. The number of carbonyl (C=O) groups is 1. The van der Waals surface area contributed by atoms with Gasteiger partial charge in [-0.2, -0.15) is 5.10 Å². The van der Waals surface area contributed by atoms with Gasteiger partial charge in [0.1, 0.15) is 0 Å². The molecular weight excluding hydrogens is 385 g/mol. The molecule has 4 rings (SSSR count). The number of aromatic carboxylic acids is 1. The van der Waals surface area contributed by atoms with Crippen LogP contribution in [-0.2, 0) is 6.42 Å². The Hall–Kier alpha value is -2.89. The van der Waals surface area contributed by atoms with Gasteiger partial charge in [0, 0.05) is 28.0 Å². The Morgan fingerprint density at radius 2 is 1.74 bits per heavy atom. The summed E-state index contributed by atoms with van der Waals surface area (Å²) in [5, 5.41) is 15.9. The molecule has 0 saturated carbocycles.